The van der Waals surface area contributed by atoms with Crippen molar-refractivity contribution < 1.29 is 38.3 Å². The lowest BCUT2D eigenvalue weighted by Gasteiger charge is -2.50. The van der Waals surface area contributed by atoms with Crippen LogP contribution in [-0.4, -0.2) is 81.4 Å². The van der Waals surface area contributed by atoms with E-state index in [-0.39, 0.29) is 13.0 Å². The third-order valence-electron chi connectivity index (χ3n) is 5.75. The Bertz CT molecular complexity index is 503. The van der Waals surface area contributed by atoms with E-state index in [0.717, 1.165) is 51.4 Å². The topological polar surface area (TPSA) is 92.7 Å². The van der Waals surface area contributed by atoms with Crippen LogP contribution >= 0.6 is 0 Å². The molecule has 0 amide bonds. The Morgan fingerprint density at radius 1 is 0.818 bits per heavy atom. The van der Waals surface area contributed by atoms with Crippen LogP contribution in [0.25, 0.3) is 0 Å². The first-order chi connectivity index (χ1) is 16.0. The molecule has 1 rings (SSSR count). The van der Waals surface area contributed by atoms with Crippen molar-refractivity contribution in [2.45, 2.75) is 116 Å². The fraction of sp³-hybridized carbons (Fsp3) is 0.960. The Labute approximate surface area is 200 Å². The molecule has 33 heavy (non-hydrogen) atoms. The largest absolute Gasteiger partial charge is 0.469 e. The minimum absolute atomic E-state index is 0.232. The second-order valence-corrected chi connectivity index (χ2v) is 8.71. The summed E-state index contributed by atoms with van der Waals surface area (Å²) < 4.78 is 35.5. The smallest absolute Gasteiger partial charge is 0.311 e. The van der Waals surface area contributed by atoms with Gasteiger partial charge in [-0.25, -0.2) is 0 Å². The average molecular weight is 477 g/mol. The molecule has 0 spiro atoms. The number of aliphatic hydroxyl groups is 1. The maximum Gasteiger partial charge on any atom is 0.311 e. The van der Waals surface area contributed by atoms with Crippen molar-refractivity contribution in [1.29, 1.82) is 0 Å². The van der Waals surface area contributed by atoms with E-state index in [1.54, 1.807) is 0 Å². The Kier molecular flexibility index (Phi) is 16.2. The van der Waals surface area contributed by atoms with Crippen LogP contribution in [0.15, 0.2) is 0 Å². The molecule has 0 radical (unpaired) electrons. The number of hydrogen-bond acceptors (Lipinski definition) is 8. The highest BCUT2D eigenvalue weighted by molar-refractivity contribution is 5.70. The van der Waals surface area contributed by atoms with Gasteiger partial charge >= 0.3 is 5.97 Å². The standard InChI is InChI=1S/C25H48O8/c1-6-10-14-29-19-20-22(30-15-11-7-2)23(31-16-12-8-3)24(32-17-13-9-4)25(27,33-20)18-21(26)28-5/h20,22-24,27H,6-19H2,1-5H3/t20-,22-,23+,24-,25+/m1/s1. The lowest BCUT2D eigenvalue weighted by molar-refractivity contribution is -0.366. The van der Waals surface area contributed by atoms with Gasteiger partial charge in [-0.15, -0.1) is 0 Å². The molecule has 0 unspecified atom stereocenters. The van der Waals surface area contributed by atoms with Gasteiger partial charge in [-0.1, -0.05) is 53.4 Å². The van der Waals surface area contributed by atoms with Gasteiger partial charge < -0.3 is 33.5 Å². The zero-order valence-electron chi connectivity index (χ0n) is 21.5. The molecule has 0 bridgehead atoms. The third kappa shape index (κ3) is 10.6. The second kappa shape index (κ2) is 17.6. The number of rotatable bonds is 19. The molecule has 1 fully saturated rings. The molecule has 1 aliphatic rings. The maximum atomic E-state index is 12.2. The third-order valence-corrected chi connectivity index (χ3v) is 5.75. The van der Waals surface area contributed by atoms with Gasteiger partial charge in [-0.2, -0.15) is 0 Å². The summed E-state index contributed by atoms with van der Waals surface area (Å²) >= 11 is 0. The molecule has 0 saturated carbocycles. The van der Waals surface area contributed by atoms with Crippen molar-refractivity contribution in [3.8, 4) is 0 Å². The molecule has 0 aliphatic carbocycles. The minimum atomic E-state index is -1.90. The van der Waals surface area contributed by atoms with E-state index >= 15 is 0 Å². The van der Waals surface area contributed by atoms with Gasteiger partial charge in [0.2, 0.25) is 5.79 Å². The fourth-order valence-electron chi connectivity index (χ4n) is 3.72. The highest BCUT2D eigenvalue weighted by atomic mass is 16.7. The van der Waals surface area contributed by atoms with Crippen LogP contribution < -0.4 is 0 Å². The minimum Gasteiger partial charge on any atom is -0.469 e. The van der Waals surface area contributed by atoms with Crippen LogP contribution in [0.5, 0.6) is 0 Å². The van der Waals surface area contributed by atoms with Gasteiger partial charge in [-0.3, -0.25) is 4.79 Å². The summed E-state index contributed by atoms with van der Waals surface area (Å²) in [5.41, 5.74) is 0. The van der Waals surface area contributed by atoms with Gasteiger partial charge in [-0.05, 0) is 25.7 Å². The Morgan fingerprint density at radius 3 is 1.88 bits per heavy atom. The van der Waals surface area contributed by atoms with Crippen LogP contribution in [-0.2, 0) is 33.2 Å². The van der Waals surface area contributed by atoms with Gasteiger partial charge in [0, 0.05) is 26.4 Å². The number of esters is 1. The summed E-state index contributed by atoms with van der Waals surface area (Å²) in [5, 5.41) is 11.6. The average Bonchev–Trinajstić information content (AvgIpc) is 2.80. The zero-order chi connectivity index (χ0) is 24.5. The SMILES string of the molecule is CCCCOC[C@H]1O[C@@](O)(CC(=O)OC)[C@H](OCCCC)[C@@H](OCCCC)[C@@H]1OCCCC. The van der Waals surface area contributed by atoms with Crippen molar-refractivity contribution >= 4 is 5.97 Å². The quantitative estimate of drug-likeness (QED) is 0.221. The summed E-state index contributed by atoms with van der Waals surface area (Å²) in [5.74, 6) is -2.48. The molecule has 0 aromatic carbocycles. The Balaban J connectivity index is 3.23. The predicted molar refractivity (Wildman–Crippen MR) is 126 cm³/mol. The van der Waals surface area contributed by atoms with Crippen molar-refractivity contribution in [3.63, 3.8) is 0 Å². The number of methoxy groups -OCH3 is 1. The number of hydrogen-bond donors (Lipinski definition) is 1. The molecule has 1 aliphatic heterocycles. The lowest BCUT2D eigenvalue weighted by atomic mass is 9.89. The van der Waals surface area contributed by atoms with Gasteiger partial charge in [0.05, 0.1) is 13.7 Å². The van der Waals surface area contributed by atoms with E-state index in [2.05, 4.69) is 27.7 Å². The fourth-order valence-corrected chi connectivity index (χ4v) is 3.72. The number of carbonyl (C=O) groups is 1. The van der Waals surface area contributed by atoms with Crippen molar-refractivity contribution in [2.75, 3.05) is 40.1 Å². The van der Waals surface area contributed by atoms with Gasteiger partial charge in [0.25, 0.3) is 0 Å². The first-order valence-corrected chi connectivity index (χ1v) is 12.9. The molecule has 1 saturated heterocycles. The highest BCUT2D eigenvalue weighted by Crippen LogP contribution is 2.37. The molecule has 8 heteroatoms. The summed E-state index contributed by atoms with van der Waals surface area (Å²) in [6, 6.07) is 0. The monoisotopic (exact) mass is 476 g/mol. The molecule has 1 heterocycles. The zero-order valence-corrected chi connectivity index (χ0v) is 21.5. The molecular formula is C25H48O8. The summed E-state index contributed by atoms with van der Waals surface area (Å²) in [7, 11) is 1.29. The molecule has 8 nitrogen and oxygen atoms in total. The first kappa shape index (κ1) is 30.3. The molecule has 196 valence electrons. The van der Waals surface area contributed by atoms with Crippen molar-refractivity contribution in [3.05, 3.63) is 0 Å². The van der Waals surface area contributed by atoms with Gasteiger partial charge in [0.15, 0.2) is 0 Å². The summed E-state index contributed by atoms with van der Waals surface area (Å²) in [6.07, 6.45) is 4.50. The normalized spacial score (nSPS) is 27.6. The van der Waals surface area contributed by atoms with E-state index in [1.165, 1.54) is 7.11 Å². The van der Waals surface area contributed by atoms with Crippen molar-refractivity contribution in [1.82, 2.24) is 0 Å². The summed E-state index contributed by atoms with van der Waals surface area (Å²) in [4.78, 5) is 12.2. The molecule has 5 atom stereocenters. The lowest BCUT2D eigenvalue weighted by Crippen LogP contribution is -2.68. The van der Waals surface area contributed by atoms with Crippen LogP contribution in [0.1, 0.15) is 85.5 Å². The highest BCUT2D eigenvalue weighted by Gasteiger charge is 2.57. The predicted octanol–water partition coefficient (Wildman–Crippen LogP) is 4.01. The van der Waals surface area contributed by atoms with E-state index in [0.29, 0.717) is 26.4 Å². The van der Waals surface area contributed by atoms with Crippen LogP contribution in [0, 0.1) is 0 Å². The Hall–Kier alpha value is -0.770. The van der Waals surface area contributed by atoms with Crippen LogP contribution in [0.3, 0.4) is 0 Å². The first-order valence-electron chi connectivity index (χ1n) is 12.9. The van der Waals surface area contributed by atoms with Crippen molar-refractivity contribution in [2.24, 2.45) is 0 Å². The van der Waals surface area contributed by atoms with Crippen LogP contribution in [0.2, 0.25) is 0 Å². The second-order valence-electron chi connectivity index (χ2n) is 8.71. The maximum absolute atomic E-state index is 12.2. The molecule has 0 aromatic rings. The van der Waals surface area contributed by atoms with Crippen LogP contribution in [0.4, 0.5) is 0 Å². The molecule has 0 aromatic heterocycles. The Morgan fingerprint density at radius 2 is 1.33 bits per heavy atom. The summed E-state index contributed by atoms with van der Waals surface area (Å²) in [6.45, 7) is 10.6. The van der Waals surface area contributed by atoms with E-state index < -0.39 is 36.2 Å². The van der Waals surface area contributed by atoms with E-state index in [1.807, 2.05) is 0 Å². The number of unbranched alkanes of at least 4 members (excludes halogenated alkanes) is 4. The van der Waals surface area contributed by atoms with Gasteiger partial charge in [0.1, 0.15) is 30.8 Å². The molecular weight excluding hydrogens is 428 g/mol. The van der Waals surface area contributed by atoms with E-state index in [9.17, 15) is 9.90 Å². The number of carbonyl (C=O) groups excluding carboxylic acids is 1. The van der Waals surface area contributed by atoms with E-state index in [4.69, 9.17) is 28.4 Å². The number of ether oxygens (including phenoxy) is 6. The molecule has 1 N–H and O–H groups in total.